The molecule has 4 nitrogen and oxygen atoms in total. The summed E-state index contributed by atoms with van der Waals surface area (Å²) in [6.45, 7) is 6.33. The van der Waals surface area contributed by atoms with E-state index >= 15 is 0 Å². The number of carboxylic acids is 1. The van der Waals surface area contributed by atoms with Gasteiger partial charge in [0.25, 0.3) is 0 Å². The van der Waals surface area contributed by atoms with Gasteiger partial charge in [0.05, 0.1) is 5.69 Å². The lowest BCUT2D eigenvalue weighted by atomic mass is 10.1. The lowest BCUT2D eigenvalue weighted by molar-refractivity contribution is 0.0701. The maximum atomic E-state index is 11.1. The summed E-state index contributed by atoms with van der Waals surface area (Å²) < 4.78 is 5.91. The third-order valence-corrected chi connectivity index (χ3v) is 5.34. The van der Waals surface area contributed by atoms with Crippen LogP contribution in [-0.4, -0.2) is 16.1 Å². The monoisotopic (exact) mass is 353 g/mol. The van der Waals surface area contributed by atoms with Crippen molar-refractivity contribution in [1.82, 2.24) is 4.98 Å². The number of rotatable bonds is 5. The van der Waals surface area contributed by atoms with Crippen molar-refractivity contribution >= 4 is 17.3 Å². The lowest BCUT2D eigenvalue weighted by Gasteiger charge is -2.11. The van der Waals surface area contributed by atoms with Crippen molar-refractivity contribution in [3.05, 3.63) is 69.7 Å². The molecule has 5 heteroatoms. The predicted octanol–water partition coefficient (Wildman–Crippen LogP) is 5.01. The van der Waals surface area contributed by atoms with Crippen LogP contribution in [0.3, 0.4) is 0 Å². The summed E-state index contributed by atoms with van der Waals surface area (Å²) in [6.07, 6.45) is 0. The van der Waals surface area contributed by atoms with E-state index in [0.717, 1.165) is 27.4 Å². The van der Waals surface area contributed by atoms with Crippen molar-refractivity contribution in [2.45, 2.75) is 27.4 Å². The third-order valence-electron chi connectivity index (χ3n) is 4.14. The Kier molecular flexibility index (Phi) is 4.86. The van der Waals surface area contributed by atoms with E-state index in [0.29, 0.717) is 12.3 Å². The molecule has 0 amide bonds. The van der Waals surface area contributed by atoms with Crippen LogP contribution in [0.4, 0.5) is 0 Å². The van der Waals surface area contributed by atoms with Crippen molar-refractivity contribution in [3.8, 4) is 16.3 Å². The first-order chi connectivity index (χ1) is 12.0. The second-order valence-electron chi connectivity index (χ2n) is 5.92. The molecule has 0 atom stereocenters. The molecular weight excluding hydrogens is 334 g/mol. The Labute approximate surface area is 150 Å². The number of carboxylic acid groups (broad SMARTS) is 1. The number of ether oxygens (including phenoxy) is 1. The predicted molar refractivity (Wildman–Crippen MR) is 99.5 cm³/mol. The SMILES string of the molecule is Cc1cccc(OCc2ccc(-c3nc(C)c(C(=O)O)s3)cc2)c1C. The van der Waals surface area contributed by atoms with Crippen LogP contribution in [0.2, 0.25) is 0 Å². The Morgan fingerprint density at radius 1 is 1.12 bits per heavy atom. The van der Waals surface area contributed by atoms with Gasteiger partial charge in [-0.1, -0.05) is 36.4 Å². The molecule has 0 bridgehead atoms. The number of carbonyl (C=O) groups is 1. The summed E-state index contributed by atoms with van der Waals surface area (Å²) in [5.41, 5.74) is 4.88. The molecule has 0 aliphatic rings. The zero-order valence-electron chi connectivity index (χ0n) is 14.4. The fraction of sp³-hybridized carbons (Fsp3) is 0.200. The highest BCUT2D eigenvalue weighted by atomic mass is 32.1. The molecule has 0 aliphatic carbocycles. The van der Waals surface area contributed by atoms with E-state index < -0.39 is 5.97 Å². The van der Waals surface area contributed by atoms with Gasteiger partial charge in [-0.25, -0.2) is 9.78 Å². The van der Waals surface area contributed by atoms with Crippen LogP contribution in [0.15, 0.2) is 42.5 Å². The largest absolute Gasteiger partial charge is 0.489 e. The van der Waals surface area contributed by atoms with E-state index in [9.17, 15) is 4.79 Å². The van der Waals surface area contributed by atoms with Crippen molar-refractivity contribution < 1.29 is 14.6 Å². The summed E-state index contributed by atoms with van der Waals surface area (Å²) in [7, 11) is 0. The molecule has 0 aliphatic heterocycles. The Bertz CT molecular complexity index is 913. The normalized spacial score (nSPS) is 10.7. The van der Waals surface area contributed by atoms with Gasteiger partial charge in [0, 0.05) is 5.56 Å². The number of aryl methyl sites for hydroxylation is 2. The van der Waals surface area contributed by atoms with Crippen LogP contribution < -0.4 is 4.74 Å². The number of hydrogen-bond acceptors (Lipinski definition) is 4. The maximum Gasteiger partial charge on any atom is 0.347 e. The number of hydrogen-bond donors (Lipinski definition) is 1. The van der Waals surface area contributed by atoms with Crippen molar-refractivity contribution in [2.24, 2.45) is 0 Å². The highest BCUT2D eigenvalue weighted by Gasteiger charge is 2.14. The third kappa shape index (κ3) is 3.72. The molecule has 0 saturated carbocycles. The molecule has 3 rings (SSSR count). The molecule has 1 N–H and O–H groups in total. The Morgan fingerprint density at radius 2 is 1.84 bits per heavy atom. The van der Waals surface area contributed by atoms with Gasteiger partial charge in [0.2, 0.25) is 0 Å². The Hall–Kier alpha value is -2.66. The fourth-order valence-corrected chi connectivity index (χ4v) is 3.41. The van der Waals surface area contributed by atoms with Gasteiger partial charge in [0.15, 0.2) is 0 Å². The van der Waals surface area contributed by atoms with Crippen molar-refractivity contribution in [2.75, 3.05) is 0 Å². The highest BCUT2D eigenvalue weighted by Crippen LogP contribution is 2.28. The standard InChI is InChI=1S/C20H19NO3S/c1-12-5-4-6-17(13(12)2)24-11-15-7-9-16(10-8-15)19-21-14(3)18(25-19)20(22)23/h4-10H,11H2,1-3H3,(H,22,23). The molecule has 1 heterocycles. The van der Waals surface area contributed by atoms with Gasteiger partial charge < -0.3 is 9.84 Å². The molecule has 0 radical (unpaired) electrons. The molecule has 128 valence electrons. The van der Waals surface area contributed by atoms with Crippen LogP contribution in [0.25, 0.3) is 10.6 Å². The first-order valence-corrected chi connectivity index (χ1v) is 8.76. The lowest BCUT2D eigenvalue weighted by Crippen LogP contribution is -1.97. The second kappa shape index (κ2) is 7.07. The summed E-state index contributed by atoms with van der Waals surface area (Å²) in [6, 6.07) is 13.9. The summed E-state index contributed by atoms with van der Waals surface area (Å²) in [5.74, 6) is -0.0366. The van der Waals surface area contributed by atoms with Crippen LogP contribution in [-0.2, 0) is 6.61 Å². The van der Waals surface area contributed by atoms with E-state index in [-0.39, 0.29) is 4.88 Å². The first kappa shape index (κ1) is 17.2. The number of aromatic nitrogens is 1. The minimum Gasteiger partial charge on any atom is -0.489 e. The van der Waals surface area contributed by atoms with E-state index in [2.05, 4.69) is 24.9 Å². The zero-order chi connectivity index (χ0) is 18.0. The van der Waals surface area contributed by atoms with Gasteiger partial charge in [-0.2, -0.15) is 0 Å². The van der Waals surface area contributed by atoms with Gasteiger partial charge in [-0.3, -0.25) is 0 Å². The van der Waals surface area contributed by atoms with Gasteiger partial charge in [-0.05, 0) is 43.5 Å². The molecule has 0 unspecified atom stereocenters. The van der Waals surface area contributed by atoms with Crippen LogP contribution >= 0.6 is 11.3 Å². The average Bonchev–Trinajstić information content (AvgIpc) is 2.99. The molecular formula is C20H19NO3S. The van der Waals surface area contributed by atoms with Gasteiger partial charge in [-0.15, -0.1) is 11.3 Å². The van der Waals surface area contributed by atoms with Crippen LogP contribution in [0, 0.1) is 20.8 Å². The number of aromatic carboxylic acids is 1. The quantitative estimate of drug-likeness (QED) is 0.700. The molecule has 2 aromatic carbocycles. The van der Waals surface area contributed by atoms with Gasteiger partial charge in [0.1, 0.15) is 22.2 Å². The number of thiazole rings is 1. The highest BCUT2D eigenvalue weighted by molar-refractivity contribution is 7.17. The van der Waals surface area contributed by atoms with Crippen LogP contribution in [0.1, 0.15) is 32.1 Å². The summed E-state index contributed by atoms with van der Waals surface area (Å²) in [4.78, 5) is 15.8. The van der Waals surface area contributed by atoms with Crippen molar-refractivity contribution in [3.63, 3.8) is 0 Å². The molecule has 3 aromatic rings. The van der Waals surface area contributed by atoms with E-state index in [1.54, 1.807) is 6.92 Å². The molecule has 0 fully saturated rings. The minimum absolute atomic E-state index is 0.289. The maximum absolute atomic E-state index is 11.1. The number of benzene rings is 2. The average molecular weight is 353 g/mol. The molecule has 0 saturated heterocycles. The Balaban J connectivity index is 1.73. The molecule has 25 heavy (non-hydrogen) atoms. The summed E-state index contributed by atoms with van der Waals surface area (Å²) >= 11 is 1.20. The van der Waals surface area contributed by atoms with E-state index in [1.165, 1.54) is 16.9 Å². The Morgan fingerprint density at radius 3 is 2.48 bits per heavy atom. The van der Waals surface area contributed by atoms with E-state index in [1.807, 2.05) is 36.4 Å². The smallest absolute Gasteiger partial charge is 0.347 e. The zero-order valence-corrected chi connectivity index (χ0v) is 15.2. The van der Waals surface area contributed by atoms with E-state index in [4.69, 9.17) is 9.84 Å². The van der Waals surface area contributed by atoms with Gasteiger partial charge >= 0.3 is 5.97 Å². The first-order valence-electron chi connectivity index (χ1n) is 7.94. The second-order valence-corrected chi connectivity index (χ2v) is 6.92. The topological polar surface area (TPSA) is 59.4 Å². The number of nitrogens with zero attached hydrogens (tertiary/aromatic N) is 1. The summed E-state index contributed by atoms with van der Waals surface area (Å²) in [5, 5.41) is 9.86. The van der Waals surface area contributed by atoms with Crippen LogP contribution in [0.5, 0.6) is 5.75 Å². The molecule has 1 aromatic heterocycles. The van der Waals surface area contributed by atoms with Crippen molar-refractivity contribution in [1.29, 1.82) is 0 Å². The molecule has 0 spiro atoms. The minimum atomic E-state index is -0.931. The fourth-order valence-electron chi connectivity index (χ4n) is 2.50.